The molecule has 0 N–H and O–H groups in total. The summed E-state index contributed by atoms with van der Waals surface area (Å²) < 4.78 is 0. The van der Waals surface area contributed by atoms with E-state index < -0.39 is 0 Å². The van der Waals surface area contributed by atoms with Gasteiger partial charge in [0.05, 0.1) is 11.4 Å². The van der Waals surface area contributed by atoms with E-state index in [0.717, 1.165) is 11.4 Å². The molecule has 0 bridgehead atoms. The Morgan fingerprint density at radius 2 is 1.71 bits per heavy atom. The van der Waals surface area contributed by atoms with E-state index in [0.29, 0.717) is 18.3 Å². The van der Waals surface area contributed by atoms with Crippen LogP contribution in [0.15, 0.2) is 41.8 Å². The third-order valence-corrected chi connectivity index (χ3v) is 3.48. The van der Waals surface area contributed by atoms with Crippen LogP contribution in [0.25, 0.3) is 0 Å². The number of rotatable bonds is 5. The van der Waals surface area contributed by atoms with Gasteiger partial charge in [0, 0.05) is 31.2 Å². The van der Waals surface area contributed by atoms with Crippen molar-refractivity contribution in [3.8, 4) is 0 Å². The highest BCUT2D eigenvalue weighted by atomic mass is 14.8. The summed E-state index contributed by atoms with van der Waals surface area (Å²) in [4.78, 5) is 13.1. The first-order valence-electron chi connectivity index (χ1n) is 7.49. The van der Waals surface area contributed by atoms with Crippen molar-refractivity contribution in [2.75, 3.05) is 0 Å². The minimum Gasteiger partial charge on any atom is -0.261 e. The third-order valence-electron chi connectivity index (χ3n) is 3.48. The molecule has 0 spiro atoms. The monoisotopic (exact) mass is 281 g/mol. The van der Waals surface area contributed by atoms with Gasteiger partial charge in [0.2, 0.25) is 0 Å². The number of hydrogen-bond donors (Lipinski definition) is 0. The Morgan fingerprint density at radius 3 is 2.24 bits per heavy atom. The molecule has 0 aliphatic heterocycles. The van der Waals surface area contributed by atoms with Crippen LogP contribution in [0.1, 0.15) is 56.4 Å². The zero-order valence-electron chi connectivity index (χ0n) is 13.2. The lowest BCUT2D eigenvalue weighted by Crippen LogP contribution is -1.96. The Balaban J connectivity index is 2.29. The van der Waals surface area contributed by atoms with E-state index in [1.807, 2.05) is 6.21 Å². The van der Waals surface area contributed by atoms with Gasteiger partial charge in [-0.1, -0.05) is 45.9 Å². The number of para-hydroxylation sites is 1. The number of nitrogens with zero attached hydrogens (tertiary/aromatic N) is 3. The smallest absolute Gasteiger partial charge is 0.0694 e. The van der Waals surface area contributed by atoms with Crippen LogP contribution >= 0.6 is 0 Å². The first-order valence-corrected chi connectivity index (χ1v) is 7.49. The quantitative estimate of drug-likeness (QED) is 0.747. The molecule has 110 valence electrons. The average molecular weight is 281 g/mol. The average Bonchev–Trinajstić information content (AvgIpc) is 2.48. The Labute approximate surface area is 127 Å². The van der Waals surface area contributed by atoms with Crippen molar-refractivity contribution in [2.24, 2.45) is 4.99 Å². The van der Waals surface area contributed by atoms with Gasteiger partial charge in [-0.15, -0.1) is 0 Å². The van der Waals surface area contributed by atoms with Gasteiger partial charge < -0.3 is 0 Å². The molecule has 0 saturated heterocycles. The molecular weight excluding hydrogens is 258 g/mol. The second-order valence-electron chi connectivity index (χ2n) is 5.81. The normalized spacial score (nSPS) is 11.7. The highest BCUT2D eigenvalue weighted by Crippen LogP contribution is 2.34. The maximum atomic E-state index is 4.75. The molecule has 0 aliphatic rings. The highest BCUT2D eigenvalue weighted by Gasteiger charge is 2.12. The number of benzene rings is 1. The Bertz CT molecular complexity index is 575. The maximum absolute atomic E-state index is 4.75. The minimum absolute atomic E-state index is 0.465. The van der Waals surface area contributed by atoms with Gasteiger partial charge >= 0.3 is 0 Å². The topological polar surface area (TPSA) is 38.1 Å². The molecule has 3 nitrogen and oxygen atoms in total. The predicted octanol–water partition coefficient (Wildman–Crippen LogP) is 4.67. The van der Waals surface area contributed by atoms with Crippen molar-refractivity contribution < 1.29 is 0 Å². The van der Waals surface area contributed by atoms with E-state index >= 15 is 0 Å². The molecule has 0 radical (unpaired) electrons. The van der Waals surface area contributed by atoms with Crippen LogP contribution in [0, 0.1) is 0 Å². The first-order chi connectivity index (χ1) is 10.1. The largest absolute Gasteiger partial charge is 0.261 e. The van der Waals surface area contributed by atoms with Crippen LogP contribution in [0.3, 0.4) is 0 Å². The van der Waals surface area contributed by atoms with E-state index in [1.165, 1.54) is 11.1 Å². The molecule has 2 rings (SSSR count). The second kappa shape index (κ2) is 7.11. The Hall–Kier alpha value is -2.03. The summed E-state index contributed by atoms with van der Waals surface area (Å²) in [5, 5.41) is 0. The summed E-state index contributed by atoms with van der Waals surface area (Å²) in [6.45, 7) is 8.84. The van der Waals surface area contributed by atoms with Gasteiger partial charge in [0.1, 0.15) is 0 Å². The van der Waals surface area contributed by atoms with E-state index in [1.54, 1.807) is 18.6 Å². The fraction of sp³-hybridized carbons (Fsp3) is 0.389. The molecule has 0 aliphatic carbocycles. The number of aromatic nitrogens is 2. The van der Waals surface area contributed by atoms with Crippen molar-refractivity contribution in [1.29, 1.82) is 0 Å². The zero-order valence-corrected chi connectivity index (χ0v) is 13.2. The Morgan fingerprint density at radius 1 is 1.05 bits per heavy atom. The van der Waals surface area contributed by atoms with E-state index in [-0.39, 0.29) is 0 Å². The van der Waals surface area contributed by atoms with Gasteiger partial charge in [-0.05, 0) is 23.0 Å². The van der Waals surface area contributed by atoms with Crippen LogP contribution in [-0.2, 0) is 6.42 Å². The molecule has 1 aromatic heterocycles. The fourth-order valence-corrected chi connectivity index (χ4v) is 2.33. The van der Waals surface area contributed by atoms with Crippen molar-refractivity contribution in [1.82, 2.24) is 9.97 Å². The minimum atomic E-state index is 0.465. The molecule has 21 heavy (non-hydrogen) atoms. The van der Waals surface area contributed by atoms with E-state index in [2.05, 4.69) is 55.9 Å². The zero-order chi connectivity index (χ0) is 15.2. The molecule has 1 aromatic carbocycles. The molecule has 1 heterocycles. The van der Waals surface area contributed by atoms with Crippen LogP contribution in [0.4, 0.5) is 5.69 Å². The number of aliphatic imine (C=N–C) groups is 1. The summed E-state index contributed by atoms with van der Waals surface area (Å²) >= 11 is 0. The maximum Gasteiger partial charge on any atom is 0.0694 e. The molecule has 0 saturated carbocycles. The molecule has 0 atom stereocenters. The summed E-state index contributed by atoms with van der Waals surface area (Å²) in [6, 6.07) is 6.48. The number of hydrogen-bond acceptors (Lipinski definition) is 3. The SMILES string of the molecule is CC(C)c1cccc(C(C)C)c1N=CCc1cnccn1. The molecule has 0 unspecified atom stereocenters. The molecule has 0 amide bonds. The van der Waals surface area contributed by atoms with Gasteiger partial charge in [0.25, 0.3) is 0 Å². The second-order valence-corrected chi connectivity index (χ2v) is 5.81. The van der Waals surface area contributed by atoms with Crippen LogP contribution in [-0.4, -0.2) is 16.2 Å². The lowest BCUT2D eigenvalue weighted by Gasteiger charge is -2.16. The lowest BCUT2D eigenvalue weighted by atomic mass is 9.93. The van der Waals surface area contributed by atoms with Crippen LogP contribution in [0.2, 0.25) is 0 Å². The van der Waals surface area contributed by atoms with Crippen LogP contribution in [0.5, 0.6) is 0 Å². The summed E-state index contributed by atoms with van der Waals surface area (Å²) in [6.07, 6.45) is 7.83. The summed E-state index contributed by atoms with van der Waals surface area (Å²) in [5.41, 5.74) is 4.66. The first kappa shape index (κ1) is 15.4. The van der Waals surface area contributed by atoms with Gasteiger partial charge in [-0.25, -0.2) is 0 Å². The predicted molar refractivity (Wildman–Crippen MR) is 88.5 cm³/mol. The van der Waals surface area contributed by atoms with Gasteiger partial charge in [0.15, 0.2) is 0 Å². The summed E-state index contributed by atoms with van der Waals surface area (Å²) in [5.74, 6) is 0.930. The van der Waals surface area contributed by atoms with E-state index in [9.17, 15) is 0 Å². The highest BCUT2D eigenvalue weighted by molar-refractivity contribution is 5.69. The van der Waals surface area contributed by atoms with Crippen molar-refractivity contribution in [2.45, 2.75) is 46.0 Å². The molecular formula is C18H23N3. The van der Waals surface area contributed by atoms with Crippen LogP contribution < -0.4 is 0 Å². The van der Waals surface area contributed by atoms with Crippen molar-refractivity contribution in [3.05, 3.63) is 53.6 Å². The van der Waals surface area contributed by atoms with Crippen molar-refractivity contribution >= 4 is 11.9 Å². The van der Waals surface area contributed by atoms with Gasteiger partial charge in [-0.3, -0.25) is 15.0 Å². The van der Waals surface area contributed by atoms with E-state index in [4.69, 9.17) is 4.99 Å². The molecule has 3 heteroatoms. The standard InChI is InChI=1S/C18H23N3/c1-13(2)16-6-5-7-17(14(3)4)18(16)21-9-8-15-12-19-10-11-20-15/h5-7,9-14H,8H2,1-4H3. The Kier molecular flexibility index (Phi) is 5.20. The summed E-state index contributed by atoms with van der Waals surface area (Å²) in [7, 11) is 0. The van der Waals surface area contributed by atoms with Gasteiger partial charge in [-0.2, -0.15) is 0 Å². The fourth-order valence-electron chi connectivity index (χ4n) is 2.33. The third kappa shape index (κ3) is 3.97. The molecule has 2 aromatic rings. The lowest BCUT2D eigenvalue weighted by molar-refractivity contribution is 0.835. The molecule has 0 fully saturated rings. The van der Waals surface area contributed by atoms with Crippen molar-refractivity contribution in [3.63, 3.8) is 0 Å².